The zero-order valence-electron chi connectivity index (χ0n) is 10.6. The Bertz CT molecular complexity index is 339. The molecule has 96 valence electrons. The number of methoxy groups -OCH3 is 2. The van der Waals surface area contributed by atoms with Crippen molar-refractivity contribution in [3.8, 4) is 0 Å². The summed E-state index contributed by atoms with van der Waals surface area (Å²) in [6.45, 7) is 5.00. The Morgan fingerprint density at radius 3 is 2.35 bits per heavy atom. The second-order valence-corrected chi connectivity index (χ2v) is 4.53. The molecule has 1 aromatic heterocycles. The van der Waals surface area contributed by atoms with Crippen LogP contribution in [-0.2, 0) is 9.47 Å². The third kappa shape index (κ3) is 4.26. The van der Waals surface area contributed by atoms with Crippen LogP contribution in [0.25, 0.3) is 0 Å². The second-order valence-electron chi connectivity index (χ2n) is 3.74. The highest BCUT2D eigenvalue weighted by Gasteiger charge is 2.12. The number of aryl methyl sites for hydroxylation is 1. The average Bonchev–Trinajstić information content (AvgIpc) is 2.34. The predicted octanol–water partition coefficient (Wildman–Crippen LogP) is 2.25. The molecule has 0 saturated heterocycles. The van der Waals surface area contributed by atoms with Crippen LogP contribution in [0.1, 0.15) is 5.56 Å². The average molecular weight is 303 g/mol. The topological polar surface area (TPSA) is 34.6 Å². The summed E-state index contributed by atoms with van der Waals surface area (Å²) >= 11 is 3.58. The Morgan fingerprint density at radius 2 is 1.82 bits per heavy atom. The van der Waals surface area contributed by atoms with E-state index in [0.717, 1.165) is 23.4 Å². The van der Waals surface area contributed by atoms with Gasteiger partial charge in [0.15, 0.2) is 0 Å². The molecule has 17 heavy (non-hydrogen) atoms. The van der Waals surface area contributed by atoms with E-state index in [-0.39, 0.29) is 0 Å². The van der Waals surface area contributed by atoms with Crippen molar-refractivity contribution in [3.05, 3.63) is 22.3 Å². The van der Waals surface area contributed by atoms with Crippen molar-refractivity contribution in [2.24, 2.45) is 0 Å². The third-order valence-electron chi connectivity index (χ3n) is 2.49. The van der Waals surface area contributed by atoms with Crippen LogP contribution in [0.5, 0.6) is 0 Å². The molecule has 0 unspecified atom stereocenters. The zero-order chi connectivity index (χ0) is 12.7. The van der Waals surface area contributed by atoms with Gasteiger partial charge in [0.1, 0.15) is 5.82 Å². The van der Waals surface area contributed by atoms with Crippen molar-refractivity contribution in [1.29, 1.82) is 0 Å². The van der Waals surface area contributed by atoms with Gasteiger partial charge in [-0.2, -0.15) is 0 Å². The van der Waals surface area contributed by atoms with E-state index in [1.54, 1.807) is 14.2 Å². The van der Waals surface area contributed by atoms with Gasteiger partial charge in [-0.25, -0.2) is 4.98 Å². The van der Waals surface area contributed by atoms with E-state index in [9.17, 15) is 0 Å². The lowest BCUT2D eigenvalue weighted by molar-refractivity contribution is 0.190. The van der Waals surface area contributed by atoms with Gasteiger partial charge in [0.25, 0.3) is 0 Å². The summed E-state index contributed by atoms with van der Waals surface area (Å²) < 4.78 is 11.3. The minimum absolute atomic E-state index is 0.672. The predicted molar refractivity (Wildman–Crippen MR) is 72.6 cm³/mol. The maximum atomic E-state index is 5.12. The summed E-state index contributed by atoms with van der Waals surface area (Å²) in [6.07, 6.45) is 1.82. The maximum absolute atomic E-state index is 5.12. The second kappa shape index (κ2) is 7.63. The first-order chi connectivity index (χ1) is 8.20. The first-order valence-corrected chi connectivity index (χ1v) is 6.34. The van der Waals surface area contributed by atoms with Gasteiger partial charge < -0.3 is 14.4 Å². The van der Waals surface area contributed by atoms with Gasteiger partial charge in [-0.05, 0) is 34.5 Å². The highest BCUT2D eigenvalue weighted by atomic mass is 79.9. The minimum Gasteiger partial charge on any atom is -0.383 e. The van der Waals surface area contributed by atoms with Crippen molar-refractivity contribution >= 4 is 21.7 Å². The monoisotopic (exact) mass is 302 g/mol. The molecule has 0 aliphatic heterocycles. The fraction of sp³-hybridized carbons (Fsp3) is 0.583. The maximum Gasteiger partial charge on any atom is 0.143 e. The zero-order valence-corrected chi connectivity index (χ0v) is 12.2. The van der Waals surface area contributed by atoms with Crippen LogP contribution in [0.2, 0.25) is 0 Å². The number of anilines is 1. The van der Waals surface area contributed by atoms with E-state index in [0.29, 0.717) is 13.2 Å². The molecule has 0 radical (unpaired) electrons. The van der Waals surface area contributed by atoms with Crippen molar-refractivity contribution in [2.45, 2.75) is 6.92 Å². The van der Waals surface area contributed by atoms with Crippen molar-refractivity contribution in [2.75, 3.05) is 45.4 Å². The molecule has 1 aromatic rings. The molecule has 0 bridgehead atoms. The number of aromatic nitrogens is 1. The van der Waals surface area contributed by atoms with Crippen LogP contribution in [0, 0.1) is 6.92 Å². The van der Waals surface area contributed by atoms with Gasteiger partial charge in [-0.3, -0.25) is 0 Å². The Morgan fingerprint density at radius 1 is 1.24 bits per heavy atom. The Hall–Kier alpha value is -0.650. The molecule has 0 fully saturated rings. The molecule has 5 heteroatoms. The fourth-order valence-corrected chi connectivity index (χ4v) is 1.96. The van der Waals surface area contributed by atoms with Gasteiger partial charge in [0.05, 0.1) is 17.7 Å². The van der Waals surface area contributed by atoms with Gasteiger partial charge in [-0.1, -0.05) is 0 Å². The highest BCUT2D eigenvalue weighted by molar-refractivity contribution is 9.10. The lowest BCUT2D eigenvalue weighted by Crippen LogP contribution is -2.31. The molecular formula is C12H19BrN2O2. The molecule has 4 nitrogen and oxygen atoms in total. The van der Waals surface area contributed by atoms with Gasteiger partial charge in [0, 0.05) is 33.5 Å². The van der Waals surface area contributed by atoms with E-state index in [2.05, 4.69) is 32.7 Å². The SMILES string of the molecule is COCCN(CCOC)c1nccc(C)c1Br. The standard InChI is InChI=1S/C12H19BrN2O2/c1-10-4-5-14-12(11(10)13)15(6-8-16-2)7-9-17-3/h4-5H,6-9H2,1-3H3. The van der Waals surface area contributed by atoms with Gasteiger partial charge in [0.2, 0.25) is 0 Å². The summed E-state index contributed by atoms with van der Waals surface area (Å²) in [5.41, 5.74) is 1.18. The number of pyridine rings is 1. The molecule has 1 heterocycles. The van der Waals surface area contributed by atoms with Crippen LogP contribution in [-0.4, -0.2) is 45.5 Å². The molecular weight excluding hydrogens is 284 g/mol. The van der Waals surface area contributed by atoms with E-state index >= 15 is 0 Å². The molecule has 1 rings (SSSR count). The number of hydrogen-bond acceptors (Lipinski definition) is 4. The number of hydrogen-bond donors (Lipinski definition) is 0. The van der Waals surface area contributed by atoms with Crippen LogP contribution in [0.15, 0.2) is 16.7 Å². The smallest absolute Gasteiger partial charge is 0.143 e. The van der Waals surface area contributed by atoms with E-state index < -0.39 is 0 Å². The van der Waals surface area contributed by atoms with Crippen molar-refractivity contribution in [1.82, 2.24) is 4.98 Å². The molecule has 0 aliphatic rings. The molecule has 0 atom stereocenters. The Balaban J connectivity index is 2.83. The first-order valence-electron chi connectivity index (χ1n) is 5.54. The summed E-state index contributed by atoms with van der Waals surface area (Å²) in [5.74, 6) is 0.944. The molecule has 0 aromatic carbocycles. The van der Waals surface area contributed by atoms with Crippen LogP contribution >= 0.6 is 15.9 Å². The van der Waals surface area contributed by atoms with Gasteiger partial charge >= 0.3 is 0 Å². The Labute approximate surface area is 111 Å². The summed E-state index contributed by atoms with van der Waals surface area (Å²) in [7, 11) is 3.40. The number of halogens is 1. The largest absolute Gasteiger partial charge is 0.383 e. The number of rotatable bonds is 7. The molecule has 0 amide bonds. The summed E-state index contributed by atoms with van der Waals surface area (Å²) in [5, 5.41) is 0. The number of ether oxygens (including phenoxy) is 2. The lowest BCUT2D eigenvalue weighted by Gasteiger charge is -2.24. The first kappa shape index (κ1) is 14.4. The lowest BCUT2D eigenvalue weighted by atomic mass is 10.3. The van der Waals surface area contributed by atoms with Crippen LogP contribution in [0.3, 0.4) is 0 Å². The fourth-order valence-electron chi connectivity index (χ4n) is 1.47. The van der Waals surface area contributed by atoms with Crippen LogP contribution in [0.4, 0.5) is 5.82 Å². The minimum atomic E-state index is 0.672. The Kier molecular flexibility index (Phi) is 6.47. The van der Waals surface area contributed by atoms with Crippen molar-refractivity contribution in [3.63, 3.8) is 0 Å². The normalized spacial score (nSPS) is 10.6. The van der Waals surface area contributed by atoms with Crippen LogP contribution < -0.4 is 4.90 Å². The molecule has 0 saturated carbocycles. The van der Waals surface area contributed by atoms with Crippen molar-refractivity contribution < 1.29 is 9.47 Å². The molecule has 0 spiro atoms. The molecule has 0 aliphatic carbocycles. The summed E-state index contributed by atoms with van der Waals surface area (Å²) in [4.78, 5) is 6.57. The van der Waals surface area contributed by atoms with Gasteiger partial charge in [-0.15, -0.1) is 0 Å². The van der Waals surface area contributed by atoms with E-state index in [4.69, 9.17) is 9.47 Å². The quantitative estimate of drug-likeness (QED) is 0.774. The highest BCUT2D eigenvalue weighted by Crippen LogP contribution is 2.26. The van der Waals surface area contributed by atoms with E-state index in [1.807, 2.05) is 12.3 Å². The number of nitrogens with zero attached hydrogens (tertiary/aromatic N) is 2. The third-order valence-corrected chi connectivity index (χ3v) is 3.47. The molecule has 0 N–H and O–H groups in total. The van der Waals surface area contributed by atoms with E-state index in [1.165, 1.54) is 5.56 Å². The summed E-state index contributed by atoms with van der Waals surface area (Å²) in [6, 6.07) is 1.98.